The minimum atomic E-state index is -4.07. The number of anilines is 1. The molecule has 32 heavy (non-hydrogen) atoms. The van der Waals surface area contributed by atoms with Crippen LogP contribution in [0.25, 0.3) is 11.8 Å². The number of carbonyl (C=O) groups excluding carboxylic acids is 1. The second-order valence-corrected chi connectivity index (χ2v) is 9.76. The van der Waals surface area contributed by atoms with Gasteiger partial charge in [-0.1, -0.05) is 16.8 Å². The Morgan fingerprint density at radius 1 is 1.28 bits per heavy atom. The first kappa shape index (κ1) is 22.2. The zero-order chi connectivity index (χ0) is 23.0. The van der Waals surface area contributed by atoms with Crippen LogP contribution in [0, 0.1) is 13.8 Å². The van der Waals surface area contributed by atoms with Crippen molar-refractivity contribution in [1.29, 1.82) is 0 Å². The Morgan fingerprint density at radius 2 is 2.00 bits per heavy atom. The first-order chi connectivity index (χ1) is 15.2. The van der Waals surface area contributed by atoms with Gasteiger partial charge in [0, 0.05) is 18.6 Å². The number of hydrogen-bond donors (Lipinski definition) is 1. The van der Waals surface area contributed by atoms with Crippen molar-refractivity contribution in [3.05, 3.63) is 50.3 Å². The highest BCUT2D eigenvalue weighted by Crippen LogP contribution is 2.38. The Morgan fingerprint density at radius 3 is 2.66 bits per heavy atom. The minimum absolute atomic E-state index is 0.0457. The van der Waals surface area contributed by atoms with E-state index in [-0.39, 0.29) is 28.4 Å². The molecule has 1 N–H and O–H groups in total. The van der Waals surface area contributed by atoms with E-state index >= 15 is 0 Å². The molecular formula is C20H17ClN2O7S2. The first-order valence-corrected chi connectivity index (χ1v) is 11.9. The highest BCUT2D eigenvalue weighted by atomic mass is 35.5. The second-order valence-electron chi connectivity index (χ2n) is 6.79. The summed E-state index contributed by atoms with van der Waals surface area (Å²) < 4.78 is 49.4. The molecule has 1 aliphatic heterocycles. The summed E-state index contributed by atoms with van der Waals surface area (Å²) in [6.07, 6.45) is 1.48. The molecule has 1 aliphatic rings. The van der Waals surface area contributed by atoms with Gasteiger partial charge in [0.15, 0.2) is 11.5 Å². The molecule has 0 saturated carbocycles. The molecule has 2 aromatic heterocycles. The summed E-state index contributed by atoms with van der Waals surface area (Å²) in [5.74, 6) is 0.505. The average Bonchev–Trinajstić information content (AvgIpc) is 3.43. The summed E-state index contributed by atoms with van der Waals surface area (Å²) in [7, 11) is -4.07. The van der Waals surface area contributed by atoms with Gasteiger partial charge < -0.3 is 18.7 Å². The van der Waals surface area contributed by atoms with Crippen LogP contribution in [0.5, 0.6) is 11.5 Å². The average molecular weight is 497 g/mol. The van der Waals surface area contributed by atoms with Gasteiger partial charge in [0.2, 0.25) is 6.79 Å². The van der Waals surface area contributed by atoms with Crippen molar-refractivity contribution in [1.82, 2.24) is 5.16 Å². The Balaban J connectivity index is 1.76. The molecule has 0 amide bonds. The van der Waals surface area contributed by atoms with E-state index in [1.807, 2.05) is 6.92 Å². The molecular weight excluding hydrogens is 480 g/mol. The zero-order valence-electron chi connectivity index (χ0n) is 17.1. The highest BCUT2D eigenvalue weighted by Gasteiger charge is 2.25. The van der Waals surface area contributed by atoms with E-state index in [2.05, 4.69) is 9.88 Å². The fraction of sp³-hybridized carbons (Fsp3) is 0.200. The molecule has 9 nitrogen and oxygen atoms in total. The fourth-order valence-electron chi connectivity index (χ4n) is 2.98. The fourth-order valence-corrected chi connectivity index (χ4v) is 5.49. The maximum Gasteiger partial charge on any atom is 0.308 e. The van der Waals surface area contributed by atoms with E-state index in [0.717, 1.165) is 16.9 Å². The predicted molar refractivity (Wildman–Crippen MR) is 118 cm³/mol. The van der Waals surface area contributed by atoms with Crippen LogP contribution in [0.3, 0.4) is 0 Å². The molecule has 0 fully saturated rings. The smallest absolute Gasteiger partial charge is 0.308 e. The van der Waals surface area contributed by atoms with Crippen molar-refractivity contribution in [3.8, 4) is 11.5 Å². The Kier molecular flexibility index (Phi) is 5.89. The van der Waals surface area contributed by atoms with E-state index in [1.165, 1.54) is 19.1 Å². The SMILES string of the molecule is CC(=O)OC(=Cc1sccc1S(=O)(=O)Nc1onc(C)c1Cl)c1cc2c(cc1C)OCO2. The monoisotopic (exact) mass is 496 g/mol. The number of nitrogens with zero attached hydrogens (tertiary/aromatic N) is 1. The molecule has 3 heterocycles. The topological polar surface area (TPSA) is 117 Å². The van der Waals surface area contributed by atoms with Gasteiger partial charge in [0.25, 0.3) is 15.9 Å². The number of thiophene rings is 1. The van der Waals surface area contributed by atoms with E-state index in [9.17, 15) is 13.2 Å². The molecule has 1 aromatic carbocycles. The number of rotatable bonds is 6. The summed E-state index contributed by atoms with van der Waals surface area (Å²) in [5.41, 5.74) is 1.66. The number of sulfonamides is 1. The van der Waals surface area contributed by atoms with Crippen molar-refractivity contribution in [2.75, 3.05) is 11.5 Å². The van der Waals surface area contributed by atoms with E-state index in [4.69, 9.17) is 30.3 Å². The molecule has 3 aromatic rings. The standard InChI is InChI=1S/C20H17ClN2O7S2/c1-10-6-15-16(28-9-27-15)7-13(10)14(29-12(3)24)8-17-18(4-5-31-17)32(25,26)23-20-19(21)11(2)22-30-20/h4-8,23H,9H2,1-3H3. The number of aryl methyl sites for hydroxylation is 2. The van der Waals surface area contributed by atoms with Crippen LogP contribution in [-0.4, -0.2) is 26.3 Å². The first-order valence-electron chi connectivity index (χ1n) is 9.18. The normalized spacial score (nSPS) is 13.3. The van der Waals surface area contributed by atoms with Crippen LogP contribution in [0.4, 0.5) is 5.88 Å². The number of halogens is 1. The lowest BCUT2D eigenvalue weighted by atomic mass is 10.1. The molecule has 12 heteroatoms. The van der Waals surface area contributed by atoms with Gasteiger partial charge in [0.1, 0.15) is 21.4 Å². The van der Waals surface area contributed by atoms with E-state index < -0.39 is 16.0 Å². The molecule has 0 aliphatic carbocycles. The van der Waals surface area contributed by atoms with Gasteiger partial charge in [-0.05, 0) is 43.0 Å². The molecule has 0 bridgehead atoms. The van der Waals surface area contributed by atoms with Crippen LogP contribution in [-0.2, 0) is 19.6 Å². The van der Waals surface area contributed by atoms with Crippen molar-refractivity contribution in [2.45, 2.75) is 25.7 Å². The van der Waals surface area contributed by atoms with Gasteiger partial charge in [-0.25, -0.2) is 13.1 Å². The van der Waals surface area contributed by atoms with Crippen molar-refractivity contribution in [3.63, 3.8) is 0 Å². The molecule has 0 radical (unpaired) electrons. The number of esters is 1. The minimum Gasteiger partial charge on any atom is -0.454 e. The summed E-state index contributed by atoms with van der Waals surface area (Å²) in [4.78, 5) is 12.1. The van der Waals surface area contributed by atoms with Gasteiger partial charge >= 0.3 is 5.97 Å². The van der Waals surface area contributed by atoms with Gasteiger partial charge in [-0.2, -0.15) is 0 Å². The molecule has 0 atom stereocenters. The third kappa shape index (κ3) is 4.31. The number of aromatic nitrogens is 1. The van der Waals surface area contributed by atoms with Crippen LogP contribution in [0.2, 0.25) is 5.02 Å². The molecule has 168 valence electrons. The van der Waals surface area contributed by atoms with Crippen LogP contribution >= 0.6 is 22.9 Å². The van der Waals surface area contributed by atoms with Crippen LogP contribution < -0.4 is 14.2 Å². The van der Waals surface area contributed by atoms with Crippen LogP contribution in [0.15, 0.2) is 33.0 Å². The summed E-state index contributed by atoms with van der Waals surface area (Å²) in [6.45, 7) is 4.75. The van der Waals surface area contributed by atoms with Gasteiger partial charge in [-0.15, -0.1) is 11.3 Å². The molecule has 0 unspecified atom stereocenters. The Labute approximate surface area is 192 Å². The Hall–Kier alpha value is -3.02. The molecule has 4 rings (SSSR count). The van der Waals surface area contributed by atoms with Gasteiger partial charge in [-0.3, -0.25) is 4.79 Å². The zero-order valence-corrected chi connectivity index (χ0v) is 19.5. The Bertz CT molecular complexity index is 1340. The number of ether oxygens (including phenoxy) is 3. The molecule has 0 spiro atoms. The lowest BCUT2D eigenvalue weighted by molar-refractivity contribution is -0.134. The van der Waals surface area contributed by atoms with Crippen LogP contribution in [0.1, 0.15) is 28.6 Å². The number of carbonyl (C=O) groups is 1. The van der Waals surface area contributed by atoms with E-state index in [0.29, 0.717) is 27.6 Å². The van der Waals surface area contributed by atoms with Gasteiger partial charge in [0.05, 0.1) is 4.88 Å². The highest BCUT2D eigenvalue weighted by molar-refractivity contribution is 7.93. The maximum atomic E-state index is 13.0. The lowest BCUT2D eigenvalue weighted by Gasteiger charge is -2.12. The summed E-state index contributed by atoms with van der Waals surface area (Å²) in [6, 6.07) is 4.87. The van der Waals surface area contributed by atoms with Crippen molar-refractivity contribution >= 4 is 56.6 Å². The quantitative estimate of drug-likeness (QED) is 0.388. The third-order valence-corrected chi connectivity index (χ3v) is 7.29. The number of fused-ring (bicyclic) bond motifs is 1. The summed E-state index contributed by atoms with van der Waals surface area (Å²) >= 11 is 7.19. The second kappa shape index (κ2) is 8.49. The predicted octanol–water partition coefficient (Wildman–Crippen LogP) is 4.60. The summed E-state index contributed by atoms with van der Waals surface area (Å²) in [5, 5.41) is 5.31. The third-order valence-electron chi connectivity index (χ3n) is 4.47. The largest absolute Gasteiger partial charge is 0.454 e. The lowest BCUT2D eigenvalue weighted by Crippen LogP contribution is -2.13. The number of nitrogens with one attached hydrogen (secondary N) is 1. The van der Waals surface area contributed by atoms with E-state index in [1.54, 1.807) is 24.4 Å². The van der Waals surface area contributed by atoms with Crippen molar-refractivity contribution < 1.29 is 31.9 Å². The molecule has 0 saturated heterocycles. The number of hydrogen-bond acceptors (Lipinski definition) is 9. The maximum absolute atomic E-state index is 13.0. The van der Waals surface area contributed by atoms with Crippen molar-refractivity contribution in [2.24, 2.45) is 0 Å². The number of benzene rings is 1.